The van der Waals surface area contributed by atoms with Gasteiger partial charge in [0.15, 0.2) is 17.5 Å². The highest BCUT2D eigenvalue weighted by Crippen LogP contribution is 2.23. The summed E-state index contributed by atoms with van der Waals surface area (Å²) in [4.78, 5) is 12.1. The number of carbonyl (C=O) groups excluding carboxylic acids is 1. The van der Waals surface area contributed by atoms with Crippen molar-refractivity contribution in [3.05, 3.63) is 53.8 Å². The largest absolute Gasteiger partial charge is 0.374 e. The van der Waals surface area contributed by atoms with Crippen molar-refractivity contribution in [2.75, 3.05) is 30.3 Å². The van der Waals surface area contributed by atoms with Crippen molar-refractivity contribution < 1.29 is 31.1 Å². The van der Waals surface area contributed by atoms with Gasteiger partial charge in [0.05, 0.1) is 29.3 Å². The van der Waals surface area contributed by atoms with E-state index in [9.17, 15) is 26.4 Å². The van der Waals surface area contributed by atoms with Crippen LogP contribution in [-0.2, 0) is 19.6 Å². The van der Waals surface area contributed by atoms with Gasteiger partial charge in [0.2, 0.25) is 15.9 Å². The lowest BCUT2D eigenvalue weighted by molar-refractivity contribution is -0.114. The van der Waals surface area contributed by atoms with Crippen LogP contribution in [0.4, 0.5) is 24.5 Å². The van der Waals surface area contributed by atoms with E-state index in [1.165, 1.54) is 28.6 Å². The van der Waals surface area contributed by atoms with Gasteiger partial charge in [0.25, 0.3) is 0 Å². The van der Waals surface area contributed by atoms with Crippen LogP contribution in [-0.4, -0.2) is 50.5 Å². The monoisotopic (exact) mass is 457 g/mol. The molecule has 168 valence electrons. The lowest BCUT2D eigenvalue weighted by Crippen LogP contribution is -2.48. The highest BCUT2D eigenvalue weighted by molar-refractivity contribution is 7.89. The minimum Gasteiger partial charge on any atom is -0.374 e. The fourth-order valence-corrected chi connectivity index (χ4v) is 4.82. The summed E-state index contributed by atoms with van der Waals surface area (Å²) in [6, 6.07) is 7.32. The summed E-state index contributed by atoms with van der Waals surface area (Å²) in [7, 11) is -3.71. The van der Waals surface area contributed by atoms with E-state index < -0.39 is 39.9 Å². The minimum atomic E-state index is -3.71. The first-order valence-corrected chi connectivity index (χ1v) is 10.9. The number of sulfonamides is 1. The molecule has 3 rings (SSSR count). The topological polar surface area (TPSA) is 87.7 Å². The molecule has 1 fully saturated rings. The first-order chi connectivity index (χ1) is 14.6. The number of ether oxygens (including phenoxy) is 1. The Morgan fingerprint density at radius 1 is 1.03 bits per heavy atom. The molecule has 31 heavy (non-hydrogen) atoms. The fourth-order valence-electron chi connectivity index (χ4n) is 3.23. The summed E-state index contributed by atoms with van der Waals surface area (Å²) in [5.74, 6) is -4.97. The normalized spacial score (nSPS) is 19.8. The highest BCUT2D eigenvalue weighted by Gasteiger charge is 2.32. The van der Waals surface area contributed by atoms with Crippen LogP contribution in [0.2, 0.25) is 0 Å². The van der Waals surface area contributed by atoms with Gasteiger partial charge in [-0.3, -0.25) is 4.79 Å². The maximum Gasteiger partial charge on any atom is 0.243 e. The molecule has 11 heteroatoms. The number of anilines is 2. The molecule has 0 aliphatic carbocycles. The molecule has 2 aromatic carbocycles. The van der Waals surface area contributed by atoms with Crippen molar-refractivity contribution in [2.24, 2.45) is 0 Å². The van der Waals surface area contributed by atoms with Crippen LogP contribution >= 0.6 is 0 Å². The van der Waals surface area contributed by atoms with Gasteiger partial charge in [0.1, 0.15) is 0 Å². The van der Waals surface area contributed by atoms with Crippen molar-refractivity contribution >= 4 is 27.3 Å². The van der Waals surface area contributed by atoms with Gasteiger partial charge in [0, 0.05) is 18.8 Å². The lowest BCUT2D eigenvalue weighted by Gasteiger charge is -2.34. The number of rotatable bonds is 6. The predicted molar refractivity (Wildman–Crippen MR) is 109 cm³/mol. The maximum absolute atomic E-state index is 13.6. The number of nitrogens with zero attached hydrogens (tertiary/aromatic N) is 1. The molecule has 0 spiro atoms. The van der Waals surface area contributed by atoms with Gasteiger partial charge >= 0.3 is 0 Å². The molecule has 0 saturated carbocycles. The quantitative estimate of drug-likeness (QED) is 0.652. The Kier molecular flexibility index (Phi) is 6.87. The van der Waals surface area contributed by atoms with E-state index >= 15 is 0 Å². The van der Waals surface area contributed by atoms with Crippen molar-refractivity contribution in [3.63, 3.8) is 0 Å². The summed E-state index contributed by atoms with van der Waals surface area (Å²) < 4.78 is 72.4. The molecule has 1 amide bonds. The molecule has 2 N–H and O–H groups in total. The van der Waals surface area contributed by atoms with Crippen molar-refractivity contribution in [3.8, 4) is 0 Å². The Morgan fingerprint density at radius 2 is 1.65 bits per heavy atom. The number of morpholine rings is 1. The van der Waals surface area contributed by atoms with Crippen molar-refractivity contribution in [1.82, 2.24) is 4.31 Å². The summed E-state index contributed by atoms with van der Waals surface area (Å²) >= 11 is 0. The third-order valence-corrected chi connectivity index (χ3v) is 6.48. The van der Waals surface area contributed by atoms with E-state index in [1.54, 1.807) is 13.8 Å². The Labute approximate surface area is 178 Å². The second kappa shape index (κ2) is 9.25. The molecule has 2 aromatic rings. The summed E-state index contributed by atoms with van der Waals surface area (Å²) in [5, 5.41) is 4.89. The van der Waals surface area contributed by atoms with E-state index in [0.29, 0.717) is 5.69 Å². The number of amides is 1. The third-order valence-electron chi connectivity index (χ3n) is 4.64. The molecular weight excluding hydrogens is 435 g/mol. The zero-order valence-corrected chi connectivity index (χ0v) is 17.7. The molecular formula is C20H22F3N3O4S. The van der Waals surface area contributed by atoms with E-state index in [1.807, 2.05) is 0 Å². The van der Waals surface area contributed by atoms with Gasteiger partial charge in [-0.25, -0.2) is 21.6 Å². The van der Waals surface area contributed by atoms with Crippen LogP contribution in [0.15, 0.2) is 41.3 Å². The van der Waals surface area contributed by atoms with Crippen molar-refractivity contribution in [2.45, 2.75) is 31.0 Å². The summed E-state index contributed by atoms with van der Waals surface area (Å²) in [6.45, 7) is 3.69. The molecule has 1 aliphatic heterocycles. The lowest BCUT2D eigenvalue weighted by atomic mass is 10.2. The second-order valence-electron chi connectivity index (χ2n) is 7.23. The van der Waals surface area contributed by atoms with Crippen LogP contribution in [0.3, 0.4) is 0 Å². The predicted octanol–water partition coefficient (Wildman–Crippen LogP) is 2.95. The Hall–Kier alpha value is -2.63. The average molecular weight is 457 g/mol. The highest BCUT2D eigenvalue weighted by atomic mass is 32.2. The minimum absolute atomic E-state index is 0.0776. The zero-order valence-electron chi connectivity index (χ0n) is 16.9. The number of nitrogens with one attached hydrogen (secondary N) is 2. The Balaban J connectivity index is 1.61. The molecule has 1 aliphatic rings. The van der Waals surface area contributed by atoms with Crippen LogP contribution < -0.4 is 10.6 Å². The van der Waals surface area contributed by atoms with Crippen LogP contribution in [0.25, 0.3) is 0 Å². The molecule has 1 heterocycles. The van der Waals surface area contributed by atoms with Crippen LogP contribution in [0.1, 0.15) is 13.8 Å². The standard InChI is InChI=1S/C20H22F3N3O4S/c1-12-10-26(11-13(2)30-12)31(28,29)15-5-3-14(4-6-15)25-18(27)9-24-17-8-7-16(21)19(22)20(17)23/h3-8,12-13,24H,9-11H2,1-2H3,(H,25,27)/t12-,13-/m0/s1. The maximum atomic E-state index is 13.6. The molecule has 0 radical (unpaired) electrons. The fraction of sp³-hybridized carbons (Fsp3) is 0.350. The van der Waals surface area contributed by atoms with Crippen LogP contribution in [0, 0.1) is 17.5 Å². The van der Waals surface area contributed by atoms with E-state index in [-0.39, 0.29) is 35.9 Å². The molecule has 0 unspecified atom stereocenters. The van der Waals surface area contributed by atoms with Crippen LogP contribution in [0.5, 0.6) is 0 Å². The molecule has 2 atom stereocenters. The molecule has 7 nitrogen and oxygen atoms in total. The van der Waals surface area contributed by atoms with Gasteiger partial charge in [-0.05, 0) is 50.2 Å². The second-order valence-corrected chi connectivity index (χ2v) is 9.17. The van der Waals surface area contributed by atoms with E-state index in [0.717, 1.165) is 12.1 Å². The summed E-state index contributed by atoms with van der Waals surface area (Å²) in [5.41, 5.74) is -0.0373. The SMILES string of the molecule is C[C@H]1CN(S(=O)(=O)c2ccc(NC(=O)CNc3ccc(F)c(F)c3F)cc2)C[C@H](C)O1. The number of halogens is 3. The van der Waals surface area contributed by atoms with E-state index in [4.69, 9.17) is 4.74 Å². The zero-order chi connectivity index (χ0) is 22.8. The number of hydrogen-bond donors (Lipinski definition) is 2. The van der Waals surface area contributed by atoms with Gasteiger partial charge < -0.3 is 15.4 Å². The molecule has 1 saturated heterocycles. The van der Waals surface area contributed by atoms with Gasteiger partial charge in [-0.15, -0.1) is 0 Å². The van der Waals surface area contributed by atoms with Gasteiger partial charge in [-0.1, -0.05) is 0 Å². The number of hydrogen-bond acceptors (Lipinski definition) is 5. The summed E-state index contributed by atoms with van der Waals surface area (Å²) in [6.07, 6.45) is -0.437. The Morgan fingerprint density at radius 3 is 2.26 bits per heavy atom. The van der Waals surface area contributed by atoms with Crippen molar-refractivity contribution in [1.29, 1.82) is 0 Å². The number of carbonyl (C=O) groups is 1. The third kappa shape index (κ3) is 5.35. The first-order valence-electron chi connectivity index (χ1n) is 9.51. The number of benzene rings is 2. The average Bonchev–Trinajstić information content (AvgIpc) is 2.71. The first kappa shape index (κ1) is 23.0. The van der Waals surface area contributed by atoms with Gasteiger partial charge in [-0.2, -0.15) is 4.31 Å². The molecule has 0 aromatic heterocycles. The Bertz CT molecular complexity index is 1050. The molecule has 0 bridgehead atoms. The smallest absolute Gasteiger partial charge is 0.243 e. The van der Waals surface area contributed by atoms with E-state index in [2.05, 4.69) is 10.6 Å².